The van der Waals surface area contributed by atoms with E-state index in [-0.39, 0.29) is 5.91 Å². The number of carbonyl (C=O) groups is 1. The maximum absolute atomic E-state index is 12.3. The second-order valence-electron chi connectivity index (χ2n) is 6.41. The van der Waals surface area contributed by atoms with Gasteiger partial charge in [-0.3, -0.25) is 4.79 Å². The number of para-hydroxylation sites is 1. The lowest BCUT2D eigenvalue weighted by Gasteiger charge is -2.15. The van der Waals surface area contributed by atoms with Crippen molar-refractivity contribution in [1.82, 2.24) is 19.2 Å². The van der Waals surface area contributed by atoms with Crippen LogP contribution in [-0.2, 0) is 10.5 Å². The fraction of sp³-hybridized carbons (Fsp3) is 0.300. The summed E-state index contributed by atoms with van der Waals surface area (Å²) in [6.45, 7) is 1.83. The molecule has 1 aromatic carbocycles. The number of amides is 1. The van der Waals surface area contributed by atoms with Crippen LogP contribution in [0, 0.1) is 0 Å². The molecule has 134 valence electrons. The van der Waals surface area contributed by atoms with Gasteiger partial charge in [0.15, 0.2) is 0 Å². The van der Waals surface area contributed by atoms with Crippen LogP contribution in [0.4, 0.5) is 0 Å². The molecule has 0 atom stereocenters. The van der Waals surface area contributed by atoms with Crippen LogP contribution in [0.3, 0.4) is 0 Å². The second-order valence-corrected chi connectivity index (χ2v) is 7.40. The fourth-order valence-electron chi connectivity index (χ4n) is 3.29. The summed E-state index contributed by atoms with van der Waals surface area (Å²) in [5.41, 5.74) is 2.16. The van der Waals surface area contributed by atoms with Gasteiger partial charge in [-0.15, -0.1) is 11.8 Å². The molecule has 26 heavy (non-hydrogen) atoms. The van der Waals surface area contributed by atoms with Crippen LogP contribution in [-0.4, -0.2) is 44.0 Å². The van der Waals surface area contributed by atoms with Gasteiger partial charge in [0.05, 0.1) is 17.6 Å². The van der Waals surface area contributed by atoms with Gasteiger partial charge in [0.25, 0.3) is 0 Å². The summed E-state index contributed by atoms with van der Waals surface area (Å²) in [5, 5.41) is 4.60. The monoisotopic (exact) mass is 366 g/mol. The van der Waals surface area contributed by atoms with Gasteiger partial charge in [-0.25, -0.2) is 4.68 Å². The maximum Gasteiger partial charge on any atom is 0.232 e. The van der Waals surface area contributed by atoms with Gasteiger partial charge in [0.2, 0.25) is 5.91 Å². The molecule has 0 radical (unpaired) electrons. The summed E-state index contributed by atoms with van der Waals surface area (Å²) < 4.78 is 4.04. The molecule has 0 unspecified atom stereocenters. The lowest BCUT2D eigenvalue weighted by molar-refractivity contribution is -0.127. The van der Waals surface area contributed by atoms with Crippen molar-refractivity contribution >= 4 is 17.7 Å². The van der Waals surface area contributed by atoms with Crippen molar-refractivity contribution in [1.29, 1.82) is 0 Å². The third kappa shape index (κ3) is 3.55. The van der Waals surface area contributed by atoms with Crippen LogP contribution in [0.2, 0.25) is 0 Å². The summed E-state index contributed by atoms with van der Waals surface area (Å²) in [7, 11) is 0. The minimum atomic E-state index is 0.255. The van der Waals surface area contributed by atoms with E-state index < -0.39 is 0 Å². The van der Waals surface area contributed by atoms with Crippen molar-refractivity contribution in [3.05, 3.63) is 66.6 Å². The summed E-state index contributed by atoms with van der Waals surface area (Å²) in [5.74, 6) is 2.58. The molecule has 0 bridgehead atoms. The molecule has 2 aromatic heterocycles. The lowest BCUT2D eigenvalue weighted by atomic mass is 10.3. The molecular formula is C20H22N4OS. The Labute approximate surface area is 157 Å². The number of nitrogens with zero attached hydrogens (tertiary/aromatic N) is 4. The first-order chi connectivity index (χ1) is 12.8. The van der Waals surface area contributed by atoms with Crippen LogP contribution < -0.4 is 0 Å². The van der Waals surface area contributed by atoms with Crippen LogP contribution in [0.5, 0.6) is 0 Å². The summed E-state index contributed by atoms with van der Waals surface area (Å²) in [6, 6.07) is 14.1. The lowest BCUT2D eigenvalue weighted by Crippen LogP contribution is -2.29. The van der Waals surface area contributed by atoms with Gasteiger partial charge in [0.1, 0.15) is 5.82 Å². The van der Waals surface area contributed by atoms with Crippen molar-refractivity contribution in [3.8, 4) is 11.5 Å². The molecule has 3 heterocycles. The topological polar surface area (TPSA) is 43.1 Å². The molecule has 0 saturated carbocycles. The Morgan fingerprint density at radius 2 is 1.77 bits per heavy atom. The molecule has 1 aliphatic rings. The molecule has 0 aliphatic carbocycles. The first-order valence-electron chi connectivity index (χ1n) is 8.94. The number of carbonyl (C=O) groups excluding carboxylic acids is 1. The van der Waals surface area contributed by atoms with E-state index in [4.69, 9.17) is 0 Å². The van der Waals surface area contributed by atoms with E-state index in [9.17, 15) is 4.79 Å². The summed E-state index contributed by atoms with van der Waals surface area (Å²) in [6.07, 6.45) is 8.24. The van der Waals surface area contributed by atoms with Crippen LogP contribution >= 0.6 is 11.8 Å². The molecule has 0 N–H and O–H groups in total. The predicted molar refractivity (Wildman–Crippen MR) is 105 cm³/mol. The first-order valence-corrected chi connectivity index (χ1v) is 10.1. The highest BCUT2D eigenvalue weighted by Crippen LogP contribution is 2.24. The Morgan fingerprint density at radius 3 is 2.50 bits per heavy atom. The number of thioether (sulfide) groups is 1. The van der Waals surface area contributed by atoms with Gasteiger partial charge in [0, 0.05) is 36.8 Å². The van der Waals surface area contributed by atoms with E-state index in [1.165, 1.54) is 0 Å². The van der Waals surface area contributed by atoms with E-state index in [0.717, 1.165) is 48.8 Å². The number of likely N-dealkylation sites (tertiary alicyclic amines) is 1. The van der Waals surface area contributed by atoms with Gasteiger partial charge in [-0.1, -0.05) is 18.2 Å². The van der Waals surface area contributed by atoms with Crippen LogP contribution in [0.15, 0.2) is 61.1 Å². The Hall–Kier alpha value is -2.47. The minimum absolute atomic E-state index is 0.255. The number of hydrogen-bond acceptors (Lipinski definition) is 3. The third-order valence-corrected chi connectivity index (χ3v) is 5.57. The zero-order valence-electron chi connectivity index (χ0n) is 14.6. The SMILES string of the molecule is O=C(CSCc1cnn(-c2ccccc2)c1-n1cccc1)N1CCCC1. The quantitative estimate of drug-likeness (QED) is 0.670. The predicted octanol–water partition coefficient (Wildman–Crippen LogP) is 3.52. The number of hydrogen-bond donors (Lipinski definition) is 0. The van der Waals surface area contributed by atoms with Gasteiger partial charge < -0.3 is 9.47 Å². The average Bonchev–Trinajstić information content (AvgIpc) is 3.42. The molecule has 5 nitrogen and oxygen atoms in total. The van der Waals surface area contributed by atoms with E-state index in [2.05, 4.69) is 9.67 Å². The fourth-order valence-corrected chi connectivity index (χ4v) is 4.18. The summed E-state index contributed by atoms with van der Waals surface area (Å²) in [4.78, 5) is 14.2. The Bertz CT molecular complexity index is 851. The third-order valence-electron chi connectivity index (χ3n) is 4.61. The van der Waals surface area contributed by atoms with E-state index in [1.807, 2.05) is 70.6 Å². The molecule has 1 saturated heterocycles. The molecular weight excluding hydrogens is 344 g/mol. The first kappa shape index (κ1) is 17.0. The van der Waals surface area contributed by atoms with Crippen molar-refractivity contribution in [2.75, 3.05) is 18.8 Å². The zero-order chi connectivity index (χ0) is 17.8. The van der Waals surface area contributed by atoms with Crippen LogP contribution in [0.25, 0.3) is 11.5 Å². The Morgan fingerprint density at radius 1 is 1.04 bits per heavy atom. The van der Waals surface area contributed by atoms with Gasteiger partial charge in [-0.2, -0.15) is 5.10 Å². The average molecular weight is 366 g/mol. The minimum Gasteiger partial charge on any atom is -0.342 e. The molecule has 3 aromatic rings. The van der Waals surface area contributed by atoms with Crippen molar-refractivity contribution in [2.45, 2.75) is 18.6 Å². The Balaban J connectivity index is 1.52. The highest BCUT2D eigenvalue weighted by molar-refractivity contribution is 7.99. The van der Waals surface area contributed by atoms with Gasteiger partial charge >= 0.3 is 0 Å². The molecule has 0 spiro atoms. The van der Waals surface area contributed by atoms with Crippen molar-refractivity contribution in [3.63, 3.8) is 0 Å². The second kappa shape index (κ2) is 7.83. The smallest absolute Gasteiger partial charge is 0.232 e. The maximum atomic E-state index is 12.3. The molecule has 1 amide bonds. The zero-order valence-corrected chi connectivity index (χ0v) is 15.4. The molecule has 4 rings (SSSR count). The molecule has 1 aliphatic heterocycles. The highest BCUT2D eigenvalue weighted by atomic mass is 32.2. The molecule has 6 heteroatoms. The highest BCUT2D eigenvalue weighted by Gasteiger charge is 2.19. The number of benzene rings is 1. The number of aromatic nitrogens is 3. The standard InChI is InChI=1S/C20H22N4OS/c25-19(22-10-4-5-11-22)16-26-15-17-14-21-24(18-8-2-1-3-9-18)20(17)23-12-6-7-13-23/h1-3,6-9,12-14H,4-5,10-11,15-16H2. The van der Waals surface area contributed by atoms with E-state index in [0.29, 0.717) is 5.75 Å². The van der Waals surface area contributed by atoms with Crippen molar-refractivity contribution in [2.24, 2.45) is 0 Å². The van der Waals surface area contributed by atoms with Crippen molar-refractivity contribution < 1.29 is 4.79 Å². The largest absolute Gasteiger partial charge is 0.342 e. The normalized spacial score (nSPS) is 14.1. The summed E-state index contributed by atoms with van der Waals surface area (Å²) >= 11 is 1.66. The Kier molecular flexibility index (Phi) is 5.11. The van der Waals surface area contributed by atoms with E-state index in [1.54, 1.807) is 11.8 Å². The van der Waals surface area contributed by atoms with E-state index >= 15 is 0 Å². The number of rotatable bonds is 6. The van der Waals surface area contributed by atoms with Gasteiger partial charge in [-0.05, 0) is 37.1 Å². The molecule has 1 fully saturated rings. The van der Waals surface area contributed by atoms with Crippen LogP contribution in [0.1, 0.15) is 18.4 Å².